The van der Waals surface area contributed by atoms with Crippen molar-refractivity contribution in [3.05, 3.63) is 17.5 Å². The minimum atomic E-state index is 0.136. The highest BCUT2D eigenvalue weighted by molar-refractivity contribution is 5.95. The Morgan fingerprint density at radius 1 is 1.38 bits per heavy atom. The van der Waals surface area contributed by atoms with Crippen molar-refractivity contribution in [2.75, 3.05) is 26.2 Å². The highest BCUT2D eigenvalue weighted by atomic mass is 16.2. The largest absolute Gasteiger partial charge is 0.336 e. The van der Waals surface area contributed by atoms with E-state index in [9.17, 15) is 4.79 Å². The summed E-state index contributed by atoms with van der Waals surface area (Å²) in [5.74, 6) is 0.682. The average Bonchev–Trinajstić information content (AvgIpc) is 3.07. The third-order valence-corrected chi connectivity index (χ3v) is 3.29. The molecule has 0 radical (unpaired) electrons. The van der Waals surface area contributed by atoms with Gasteiger partial charge in [-0.2, -0.15) is 5.10 Å². The van der Waals surface area contributed by atoms with E-state index in [2.05, 4.69) is 15.5 Å². The van der Waals surface area contributed by atoms with Gasteiger partial charge in [-0.3, -0.25) is 9.89 Å². The van der Waals surface area contributed by atoms with Gasteiger partial charge in [-0.05, 0) is 12.8 Å². The number of hydrogen-bond donors (Lipinski definition) is 2. The van der Waals surface area contributed by atoms with Crippen molar-refractivity contribution in [1.82, 2.24) is 20.4 Å². The van der Waals surface area contributed by atoms with Crippen LogP contribution in [-0.2, 0) is 0 Å². The van der Waals surface area contributed by atoms with Gasteiger partial charge in [0, 0.05) is 32.1 Å². The maximum atomic E-state index is 12.3. The van der Waals surface area contributed by atoms with Gasteiger partial charge in [0.25, 0.3) is 5.91 Å². The van der Waals surface area contributed by atoms with Crippen LogP contribution >= 0.6 is 0 Å². The Kier molecular flexibility index (Phi) is 2.40. The molecule has 2 fully saturated rings. The lowest BCUT2D eigenvalue weighted by Gasteiger charge is -2.27. The van der Waals surface area contributed by atoms with E-state index < -0.39 is 0 Å². The Balaban J connectivity index is 1.79. The van der Waals surface area contributed by atoms with E-state index in [-0.39, 0.29) is 5.91 Å². The topological polar surface area (TPSA) is 61.0 Å². The van der Waals surface area contributed by atoms with Crippen molar-refractivity contribution in [2.45, 2.75) is 18.8 Å². The number of hydrogen-bond acceptors (Lipinski definition) is 3. The molecule has 1 aliphatic heterocycles. The number of aromatic amines is 1. The summed E-state index contributed by atoms with van der Waals surface area (Å²) >= 11 is 0. The third-order valence-electron chi connectivity index (χ3n) is 3.29. The fraction of sp³-hybridized carbons (Fsp3) is 0.636. The van der Waals surface area contributed by atoms with Gasteiger partial charge in [0.05, 0.1) is 17.5 Å². The van der Waals surface area contributed by atoms with Gasteiger partial charge in [-0.25, -0.2) is 0 Å². The van der Waals surface area contributed by atoms with E-state index in [1.165, 1.54) is 12.8 Å². The molecule has 1 aliphatic carbocycles. The SMILES string of the molecule is O=C(c1cn[nH]c1C1CC1)N1CCNCC1. The molecule has 0 bridgehead atoms. The predicted molar refractivity (Wildman–Crippen MR) is 59.3 cm³/mol. The molecule has 0 atom stereocenters. The number of H-pyrrole nitrogens is 1. The van der Waals surface area contributed by atoms with Crippen LogP contribution in [0.1, 0.15) is 34.8 Å². The summed E-state index contributed by atoms with van der Waals surface area (Å²) in [5.41, 5.74) is 1.83. The lowest BCUT2D eigenvalue weighted by atomic mass is 10.1. The van der Waals surface area contributed by atoms with Crippen LogP contribution in [0, 0.1) is 0 Å². The highest BCUT2D eigenvalue weighted by Gasteiger charge is 2.31. The number of piperazine rings is 1. The van der Waals surface area contributed by atoms with Crippen LogP contribution in [0.15, 0.2) is 6.20 Å². The predicted octanol–water partition coefficient (Wildman–Crippen LogP) is 0.333. The van der Waals surface area contributed by atoms with E-state index >= 15 is 0 Å². The average molecular weight is 220 g/mol. The summed E-state index contributed by atoms with van der Waals surface area (Å²) in [7, 11) is 0. The molecule has 5 heteroatoms. The Bertz CT molecular complexity index is 390. The summed E-state index contributed by atoms with van der Waals surface area (Å²) in [6.07, 6.45) is 4.05. The lowest BCUT2D eigenvalue weighted by molar-refractivity contribution is 0.0734. The summed E-state index contributed by atoms with van der Waals surface area (Å²) in [4.78, 5) is 14.2. The normalized spacial score (nSPS) is 21.1. The van der Waals surface area contributed by atoms with Crippen molar-refractivity contribution < 1.29 is 4.79 Å². The summed E-state index contributed by atoms with van der Waals surface area (Å²) in [5, 5.41) is 10.2. The van der Waals surface area contributed by atoms with Crippen LogP contribution < -0.4 is 5.32 Å². The molecule has 86 valence electrons. The van der Waals surface area contributed by atoms with Gasteiger partial charge >= 0.3 is 0 Å². The van der Waals surface area contributed by atoms with E-state index in [1.54, 1.807) is 6.20 Å². The Labute approximate surface area is 94.2 Å². The molecule has 0 spiro atoms. The summed E-state index contributed by atoms with van der Waals surface area (Å²) in [6, 6.07) is 0. The van der Waals surface area contributed by atoms with Gasteiger partial charge in [0.2, 0.25) is 0 Å². The maximum absolute atomic E-state index is 12.3. The molecule has 16 heavy (non-hydrogen) atoms. The highest BCUT2D eigenvalue weighted by Crippen LogP contribution is 2.40. The van der Waals surface area contributed by atoms with Crippen LogP contribution in [-0.4, -0.2) is 47.2 Å². The number of aromatic nitrogens is 2. The molecule has 0 aromatic carbocycles. The zero-order valence-electron chi connectivity index (χ0n) is 9.20. The number of amides is 1. The second-order valence-corrected chi connectivity index (χ2v) is 4.51. The number of carbonyl (C=O) groups excluding carboxylic acids is 1. The third kappa shape index (κ3) is 1.71. The molecule has 2 N–H and O–H groups in total. The van der Waals surface area contributed by atoms with Crippen LogP contribution in [0.3, 0.4) is 0 Å². The molecule has 1 aromatic rings. The van der Waals surface area contributed by atoms with Crippen molar-refractivity contribution >= 4 is 5.91 Å². The monoisotopic (exact) mass is 220 g/mol. The summed E-state index contributed by atoms with van der Waals surface area (Å²) < 4.78 is 0. The first-order valence-corrected chi connectivity index (χ1v) is 5.89. The lowest BCUT2D eigenvalue weighted by Crippen LogP contribution is -2.46. The van der Waals surface area contributed by atoms with Crippen LogP contribution in [0.2, 0.25) is 0 Å². The molecule has 1 aromatic heterocycles. The smallest absolute Gasteiger partial charge is 0.257 e. The van der Waals surface area contributed by atoms with E-state index in [0.717, 1.165) is 37.4 Å². The van der Waals surface area contributed by atoms with E-state index in [0.29, 0.717) is 5.92 Å². The minimum absolute atomic E-state index is 0.136. The molecule has 1 saturated heterocycles. The quantitative estimate of drug-likeness (QED) is 0.755. The van der Waals surface area contributed by atoms with E-state index in [1.807, 2.05) is 4.90 Å². The first-order valence-electron chi connectivity index (χ1n) is 5.89. The molecular weight excluding hydrogens is 204 g/mol. The Morgan fingerprint density at radius 3 is 2.81 bits per heavy atom. The van der Waals surface area contributed by atoms with Crippen molar-refractivity contribution in [2.24, 2.45) is 0 Å². The zero-order valence-corrected chi connectivity index (χ0v) is 9.20. The fourth-order valence-corrected chi connectivity index (χ4v) is 2.19. The molecule has 3 rings (SSSR count). The van der Waals surface area contributed by atoms with Gasteiger partial charge in [-0.1, -0.05) is 0 Å². The van der Waals surface area contributed by atoms with Gasteiger partial charge < -0.3 is 10.2 Å². The van der Waals surface area contributed by atoms with Crippen molar-refractivity contribution in [3.63, 3.8) is 0 Å². The van der Waals surface area contributed by atoms with Gasteiger partial charge in [-0.15, -0.1) is 0 Å². The molecule has 1 amide bonds. The second-order valence-electron chi connectivity index (χ2n) is 4.51. The first kappa shape index (κ1) is 9.84. The van der Waals surface area contributed by atoms with E-state index in [4.69, 9.17) is 0 Å². The second kappa shape index (κ2) is 3.90. The van der Waals surface area contributed by atoms with Crippen LogP contribution in [0.25, 0.3) is 0 Å². The first-order chi connectivity index (χ1) is 7.86. The molecule has 5 nitrogen and oxygen atoms in total. The summed E-state index contributed by atoms with van der Waals surface area (Å²) in [6.45, 7) is 3.38. The van der Waals surface area contributed by atoms with Gasteiger partial charge in [0.15, 0.2) is 0 Å². The van der Waals surface area contributed by atoms with Gasteiger partial charge in [0.1, 0.15) is 0 Å². The Morgan fingerprint density at radius 2 is 2.12 bits per heavy atom. The molecular formula is C11H16N4O. The maximum Gasteiger partial charge on any atom is 0.257 e. The van der Waals surface area contributed by atoms with Crippen LogP contribution in [0.5, 0.6) is 0 Å². The minimum Gasteiger partial charge on any atom is -0.336 e. The standard InChI is InChI=1S/C11H16N4O/c16-11(15-5-3-12-4-6-15)9-7-13-14-10(9)8-1-2-8/h7-8,12H,1-6H2,(H,13,14). The number of carbonyl (C=O) groups is 1. The zero-order chi connectivity index (χ0) is 11.0. The number of nitrogens with zero attached hydrogens (tertiary/aromatic N) is 2. The molecule has 1 saturated carbocycles. The van der Waals surface area contributed by atoms with Crippen molar-refractivity contribution in [1.29, 1.82) is 0 Å². The fourth-order valence-electron chi connectivity index (χ4n) is 2.19. The molecule has 0 unspecified atom stereocenters. The number of nitrogens with one attached hydrogen (secondary N) is 2. The molecule has 2 heterocycles. The van der Waals surface area contributed by atoms with Crippen LogP contribution in [0.4, 0.5) is 0 Å². The molecule has 2 aliphatic rings. The Hall–Kier alpha value is -1.36. The van der Waals surface area contributed by atoms with Crippen molar-refractivity contribution in [3.8, 4) is 0 Å². The number of rotatable bonds is 2.